The third-order valence-electron chi connectivity index (χ3n) is 5.02. The van der Waals surface area contributed by atoms with Gasteiger partial charge in [-0.2, -0.15) is 0 Å². The zero-order valence-electron chi connectivity index (χ0n) is 14.7. The van der Waals surface area contributed by atoms with Crippen molar-refractivity contribution in [3.63, 3.8) is 0 Å². The van der Waals surface area contributed by atoms with E-state index in [-0.39, 0.29) is 0 Å². The van der Waals surface area contributed by atoms with Crippen molar-refractivity contribution in [3.8, 4) is 11.3 Å². The van der Waals surface area contributed by atoms with Crippen molar-refractivity contribution in [2.24, 2.45) is 0 Å². The molecule has 0 aliphatic heterocycles. The van der Waals surface area contributed by atoms with Crippen LogP contribution < -0.4 is 0 Å². The molecule has 0 bridgehead atoms. The summed E-state index contributed by atoms with van der Waals surface area (Å²) in [7, 11) is -3.45. The minimum atomic E-state index is -3.45. The lowest BCUT2D eigenvalue weighted by atomic mass is 9.94. The van der Waals surface area contributed by atoms with E-state index >= 15 is 0 Å². The number of pyridine rings is 1. The molecule has 1 aliphatic carbocycles. The van der Waals surface area contributed by atoms with Crippen LogP contribution in [-0.4, -0.2) is 13.4 Å². The molecule has 3 nitrogen and oxygen atoms in total. The second-order valence-corrected chi connectivity index (χ2v) is 8.98. The first-order valence-electron chi connectivity index (χ1n) is 8.91. The fourth-order valence-corrected chi connectivity index (χ4v) is 5.39. The molecular weight excluding hydrogens is 342 g/mol. The molecule has 0 saturated heterocycles. The normalized spacial score (nSPS) is 16.9. The Balaban J connectivity index is 1.80. The summed E-state index contributed by atoms with van der Waals surface area (Å²) in [5.41, 5.74) is 4.66. The van der Waals surface area contributed by atoms with Gasteiger partial charge in [-0.1, -0.05) is 54.1 Å². The van der Waals surface area contributed by atoms with E-state index in [9.17, 15) is 8.42 Å². The fourth-order valence-electron chi connectivity index (χ4n) is 3.57. The average molecular weight is 363 g/mol. The average Bonchev–Trinajstić information content (AvgIpc) is 2.68. The van der Waals surface area contributed by atoms with Gasteiger partial charge in [0.15, 0.2) is 9.84 Å². The molecular formula is C22H21NO2S. The zero-order valence-corrected chi connectivity index (χ0v) is 15.5. The molecule has 4 rings (SSSR count). The predicted octanol–water partition coefficient (Wildman–Crippen LogP) is 4.91. The summed E-state index contributed by atoms with van der Waals surface area (Å²) in [5.74, 6) is 0. The standard InChI is InChI=1S/C22H21NO2S/c1-16-10-13-19(14-11-16)26(24,25)21-9-5-8-18-12-15-20(23-22(18)21)17-6-3-2-4-7-17/h2-4,6-7,10-15,21H,5,8-9H2,1H3. The molecule has 0 spiro atoms. The Morgan fingerprint density at radius 3 is 2.38 bits per heavy atom. The van der Waals surface area contributed by atoms with Crippen LogP contribution in [0, 0.1) is 6.92 Å². The summed E-state index contributed by atoms with van der Waals surface area (Å²) >= 11 is 0. The smallest absolute Gasteiger partial charge is 0.186 e. The minimum absolute atomic E-state index is 0.382. The van der Waals surface area contributed by atoms with Gasteiger partial charge in [0.25, 0.3) is 0 Å². The van der Waals surface area contributed by atoms with Crippen LogP contribution in [0.5, 0.6) is 0 Å². The van der Waals surface area contributed by atoms with E-state index in [0.717, 1.165) is 40.9 Å². The van der Waals surface area contributed by atoms with Crippen molar-refractivity contribution in [1.82, 2.24) is 4.98 Å². The highest BCUT2D eigenvalue weighted by atomic mass is 32.2. The van der Waals surface area contributed by atoms with Crippen molar-refractivity contribution in [1.29, 1.82) is 0 Å². The number of benzene rings is 2. The van der Waals surface area contributed by atoms with E-state index in [2.05, 4.69) is 0 Å². The number of aromatic nitrogens is 1. The van der Waals surface area contributed by atoms with Crippen molar-refractivity contribution in [3.05, 3.63) is 83.6 Å². The van der Waals surface area contributed by atoms with Gasteiger partial charge in [-0.15, -0.1) is 0 Å². The first-order chi connectivity index (χ1) is 12.6. The molecule has 132 valence electrons. The fraction of sp³-hybridized carbons (Fsp3) is 0.227. The lowest BCUT2D eigenvalue weighted by molar-refractivity contribution is 0.555. The van der Waals surface area contributed by atoms with Crippen molar-refractivity contribution < 1.29 is 8.42 Å². The molecule has 3 aromatic rings. The van der Waals surface area contributed by atoms with E-state index in [1.165, 1.54) is 0 Å². The molecule has 0 saturated carbocycles. The Hall–Kier alpha value is -2.46. The third-order valence-corrected chi connectivity index (χ3v) is 7.16. The SMILES string of the molecule is Cc1ccc(S(=O)(=O)C2CCCc3ccc(-c4ccccc4)nc32)cc1. The van der Waals surface area contributed by atoms with Crippen molar-refractivity contribution in [2.75, 3.05) is 0 Å². The molecule has 1 unspecified atom stereocenters. The summed E-state index contributed by atoms with van der Waals surface area (Å²) in [6.07, 6.45) is 2.38. The predicted molar refractivity (Wildman–Crippen MR) is 104 cm³/mol. The quantitative estimate of drug-likeness (QED) is 0.664. The minimum Gasteiger partial charge on any atom is -0.251 e. The monoisotopic (exact) mass is 363 g/mol. The number of sulfone groups is 1. The van der Waals surface area contributed by atoms with E-state index in [1.807, 2.05) is 61.5 Å². The van der Waals surface area contributed by atoms with Gasteiger partial charge in [-0.3, -0.25) is 4.98 Å². The van der Waals surface area contributed by atoms with Crippen LogP contribution in [0.1, 0.15) is 34.9 Å². The largest absolute Gasteiger partial charge is 0.251 e. The summed E-state index contributed by atoms with van der Waals surface area (Å²) in [6.45, 7) is 1.96. The maximum absolute atomic E-state index is 13.3. The molecule has 0 amide bonds. The van der Waals surface area contributed by atoms with Gasteiger partial charge >= 0.3 is 0 Å². The van der Waals surface area contributed by atoms with Crippen LogP contribution >= 0.6 is 0 Å². The highest BCUT2D eigenvalue weighted by Crippen LogP contribution is 2.38. The molecule has 0 N–H and O–H groups in total. The second-order valence-electron chi connectivity index (χ2n) is 6.85. The maximum atomic E-state index is 13.3. The van der Waals surface area contributed by atoms with Gasteiger partial charge in [0.2, 0.25) is 0 Å². The molecule has 1 aliphatic rings. The number of aryl methyl sites for hydroxylation is 2. The summed E-state index contributed by atoms with van der Waals surface area (Å²) in [6, 6.07) is 21.1. The Kier molecular flexibility index (Phi) is 4.37. The van der Waals surface area contributed by atoms with E-state index < -0.39 is 15.1 Å². The first kappa shape index (κ1) is 17.0. The molecule has 0 radical (unpaired) electrons. The lowest BCUT2D eigenvalue weighted by Gasteiger charge is -2.25. The van der Waals surface area contributed by atoms with Crippen LogP contribution in [-0.2, 0) is 16.3 Å². The third kappa shape index (κ3) is 3.06. The topological polar surface area (TPSA) is 47.0 Å². The first-order valence-corrected chi connectivity index (χ1v) is 10.5. The van der Waals surface area contributed by atoms with E-state index in [4.69, 9.17) is 4.98 Å². The summed E-state index contributed by atoms with van der Waals surface area (Å²) in [5, 5.41) is -0.572. The Morgan fingerprint density at radius 1 is 0.923 bits per heavy atom. The highest BCUT2D eigenvalue weighted by molar-refractivity contribution is 7.91. The Labute approximate surface area is 154 Å². The Morgan fingerprint density at radius 2 is 1.65 bits per heavy atom. The van der Waals surface area contributed by atoms with Crippen LogP contribution in [0.3, 0.4) is 0 Å². The zero-order chi connectivity index (χ0) is 18.1. The van der Waals surface area contributed by atoms with Crippen molar-refractivity contribution >= 4 is 9.84 Å². The second kappa shape index (κ2) is 6.69. The number of hydrogen-bond acceptors (Lipinski definition) is 3. The van der Waals surface area contributed by atoms with Crippen molar-refractivity contribution in [2.45, 2.75) is 36.3 Å². The molecule has 2 aromatic carbocycles. The Bertz CT molecular complexity index is 1030. The van der Waals surface area contributed by atoms with Gasteiger partial charge in [-0.25, -0.2) is 8.42 Å². The van der Waals surface area contributed by atoms with Crippen LogP contribution in [0.15, 0.2) is 71.6 Å². The molecule has 1 heterocycles. The van der Waals surface area contributed by atoms with Gasteiger partial charge in [0.1, 0.15) is 5.25 Å². The molecule has 4 heteroatoms. The van der Waals surface area contributed by atoms with Crippen LogP contribution in [0.4, 0.5) is 0 Å². The van der Waals surface area contributed by atoms with E-state index in [0.29, 0.717) is 11.3 Å². The van der Waals surface area contributed by atoms with Crippen LogP contribution in [0.25, 0.3) is 11.3 Å². The highest BCUT2D eigenvalue weighted by Gasteiger charge is 2.34. The number of nitrogens with zero attached hydrogens (tertiary/aromatic N) is 1. The molecule has 26 heavy (non-hydrogen) atoms. The summed E-state index contributed by atoms with van der Waals surface area (Å²) in [4.78, 5) is 5.18. The number of fused-ring (bicyclic) bond motifs is 1. The van der Waals surface area contributed by atoms with Gasteiger partial charge < -0.3 is 0 Å². The van der Waals surface area contributed by atoms with Gasteiger partial charge in [0.05, 0.1) is 16.3 Å². The summed E-state index contributed by atoms with van der Waals surface area (Å²) < 4.78 is 26.5. The number of hydrogen-bond donors (Lipinski definition) is 0. The number of rotatable bonds is 3. The molecule has 1 aromatic heterocycles. The van der Waals surface area contributed by atoms with Crippen LogP contribution in [0.2, 0.25) is 0 Å². The van der Waals surface area contributed by atoms with Gasteiger partial charge in [0, 0.05) is 5.56 Å². The van der Waals surface area contributed by atoms with E-state index in [1.54, 1.807) is 12.1 Å². The lowest BCUT2D eigenvalue weighted by Crippen LogP contribution is -2.21. The molecule has 1 atom stereocenters. The molecule has 0 fully saturated rings. The van der Waals surface area contributed by atoms with Gasteiger partial charge in [-0.05, 0) is 49.9 Å². The maximum Gasteiger partial charge on any atom is 0.186 e.